The molecule has 0 saturated carbocycles. The lowest BCUT2D eigenvalue weighted by Gasteiger charge is -2.17. The van der Waals surface area contributed by atoms with Gasteiger partial charge in [0.15, 0.2) is 5.82 Å². The molecule has 0 aliphatic carbocycles. The Balaban J connectivity index is 1.11. The van der Waals surface area contributed by atoms with Crippen LogP contribution in [0.5, 0.6) is 0 Å². The Labute approximate surface area is 359 Å². The minimum atomic E-state index is 0.634. The minimum Gasteiger partial charge on any atom is -0.294 e. The van der Waals surface area contributed by atoms with Gasteiger partial charge in [-0.1, -0.05) is 152 Å². The fourth-order valence-corrected chi connectivity index (χ4v) is 8.45. The van der Waals surface area contributed by atoms with Crippen LogP contribution in [0.4, 0.5) is 0 Å². The van der Waals surface area contributed by atoms with Gasteiger partial charge >= 0.3 is 0 Å². The van der Waals surface area contributed by atoms with Crippen LogP contribution in [0.25, 0.3) is 94.7 Å². The van der Waals surface area contributed by atoms with Gasteiger partial charge in [-0.05, 0) is 95.3 Å². The Morgan fingerprint density at radius 1 is 0.452 bits per heavy atom. The topological polar surface area (TPSA) is 56.5 Å². The monoisotopic (exact) mass is 791 g/mol. The van der Waals surface area contributed by atoms with E-state index in [2.05, 4.69) is 139 Å². The molecule has 0 aliphatic rings. The van der Waals surface area contributed by atoms with Gasteiger partial charge in [0.1, 0.15) is 11.5 Å². The maximum absolute atomic E-state index is 5.31. The molecule has 0 aliphatic heterocycles. The summed E-state index contributed by atoms with van der Waals surface area (Å²) in [6, 6.07) is 69.2. The summed E-state index contributed by atoms with van der Waals surface area (Å²) in [6.07, 6.45) is 1.84. The Bertz CT molecular complexity index is 3510. The SMILES string of the molecule is Cc1ccc(-c2ccc3c(c2)c2ccccc2n3-c2cc(-c3ccccc3)c3ncccc3n2)cc1-c1c(C#Cc2ccccc2)nc(-c2ccccc2)nc1-c1ccccc1. The third-order valence-corrected chi connectivity index (χ3v) is 11.5. The average molecular weight is 792 g/mol. The molecule has 290 valence electrons. The van der Waals surface area contributed by atoms with Crippen molar-refractivity contribution in [3.63, 3.8) is 0 Å². The number of aromatic nitrogens is 5. The van der Waals surface area contributed by atoms with Crippen molar-refractivity contribution in [2.24, 2.45) is 0 Å². The van der Waals surface area contributed by atoms with E-state index in [0.29, 0.717) is 11.5 Å². The van der Waals surface area contributed by atoms with Gasteiger partial charge in [0, 0.05) is 44.8 Å². The third kappa shape index (κ3) is 6.67. The smallest absolute Gasteiger partial charge is 0.161 e. The van der Waals surface area contributed by atoms with E-state index < -0.39 is 0 Å². The zero-order valence-corrected chi connectivity index (χ0v) is 33.9. The first-order chi connectivity index (χ1) is 30.7. The summed E-state index contributed by atoms with van der Waals surface area (Å²) in [6.45, 7) is 2.15. The van der Waals surface area contributed by atoms with E-state index >= 15 is 0 Å². The van der Waals surface area contributed by atoms with Crippen LogP contribution in [0.1, 0.15) is 16.8 Å². The number of rotatable bonds is 6. The van der Waals surface area contributed by atoms with Crippen molar-refractivity contribution < 1.29 is 0 Å². The lowest BCUT2D eigenvalue weighted by molar-refractivity contribution is 1.10. The third-order valence-electron chi connectivity index (χ3n) is 11.5. The first-order valence-corrected chi connectivity index (χ1v) is 20.7. The van der Waals surface area contributed by atoms with Crippen LogP contribution in [-0.2, 0) is 0 Å². The molecule has 4 aromatic heterocycles. The van der Waals surface area contributed by atoms with Crippen molar-refractivity contribution in [1.82, 2.24) is 24.5 Å². The molecule has 4 heterocycles. The predicted octanol–water partition coefficient (Wildman–Crippen LogP) is 13.6. The second-order valence-electron chi connectivity index (χ2n) is 15.3. The molecule has 11 aromatic rings. The molecular formula is C57H37N5. The Hall–Kier alpha value is -8.46. The van der Waals surface area contributed by atoms with Gasteiger partial charge in [-0.25, -0.2) is 15.0 Å². The van der Waals surface area contributed by atoms with Crippen molar-refractivity contribution in [3.05, 3.63) is 223 Å². The molecule has 62 heavy (non-hydrogen) atoms. The maximum Gasteiger partial charge on any atom is 0.161 e. The van der Waals surface area contributed by atoms with Crippen LogP contribution < -0.4 is 0 Å². The van der Waals surface area contributed by atoms with E-state index in [1.165, 1.54) is 0 Å². The highest BCUT2D eigenvalue weighted by atomic mass is 15.1. The molecule has 0 spiro atoms. The van der Waals surface area contributed by atoms with Crippen molar-refractivity contribution >= 4 is 32.8 Å². The van der Waals surface area contributed by atoms with Gasteiger partial charge in [-0.2, -0.15) is 0 Å². The summed E-state index contributed by atoms with van der Waals surface area (Å²) in [5.74, 6) is 8.41. The van der Waals surface area contributed by atoms with Crippen molar-refractivity contribution in [1.29, 1.82) is 0 Å². The summed E-state index contributed by atoms with van der Waals surface area (Å²) < 4.78 is 2.28. The molecule has 5 heteroatoms. The molecule has 0 amide bonds. The molecule has 0 radical (unpaired) electrons. The van der Waals surface area contributed by atoms with Gasteiger partial charge in [0.05, 0.1) is 27.8 Å². The van der Waals surface area contributed by atoms with Gasteiger partial charge in [-0.15, -0.1) is 0 Å². The number of hydrogen-bond donors (Lipinski definition) is 0. The normalized spacial score (nSPS) is 11.2. The predicted molar refractivity (Wildman–Crippen MR) is 254 cm³/mol. The molecule has 0 atom stereocenters. The van der Waals surface area contributed by atoms with E-state index in [1.54, 1.807) is 0 Å². The fourth-order valence-electron chi connectivity index (χ4n) is 8.45. The van der Waals surface area contributed by atoms with Crippen LogP contribution in [0, 0.1) is 18.8 Å². The number of hydrogen-bond acceptors (Lipinski definition) is 4. The van der Waals surface area contributed by atoms with E-state index in [0.717, 1.165) is 100.0 Å². The molecule has 5 nitrogen and oxygen atoms in total. The number of fused-ring (bicyclic) bond motifs is 4. The highest BCUT2D eigenvalue weighted by molar-refractivity contribution is 6.11. The summed E-state index contributed by atoms with van der Waals surface area (Å²) in [5, 5.41) is 2.30. The van der Waals surface area contributed by atoms with Crippen LogP contribution in [0.2, 0.25) is 0 Å². The molecule has 0 fully saturated rings. The molecule has 11 rings (SSSR count). The molecule has 0 bridgehead atoms. The van der Waals surface area contributed by atoms with Crippen molar-refractivity contribution in [3.8, 4) is 73.7 Å². The van der Waals surface area contributed by atoms with Crippen LogP contribution in [0.3, 0.4) is 0 Å². The first kappa shape index (κ1) is 36.6. The van der Waals surface area contributed by atoms with Crippen molar-refractivity contribution in [2.45, 2.75) is 6.92 Å². The molecule has 0 saturated heterocycles. The van der Waals surface area contributed by atoms with E-state index in [-0.39, 0.29) is 0 Å². The lowest BCUT2D eigenvalue weighted by Crippen LogP contribution is -2.02. The molecule has 7 aromatic carbocycles. The Morgan fingerprint density at radius 2 is 1.10 bits per heavy atom. The highest BCUT2D eigenvalue weighted by Crippen LogP contribution is 2.41. The average Bonchev–Trinajstić information content (AvgIpc) is 3.68. The maximum atomic E-state index is 5.31. The number of aryl methyl sites for hydroxylation is 1. The number of nitrogens with zero attached hydrogens (tertiary/aromatic N) is 5. The first-order valence-electron chi connectivity index (χ1n) is 20.7. The van der Waals surface area contributed by atoms with E-state index in [9.17, 15) is 0 Å². The Morgan fingerprint density at radius 3 is 1.87 bits per heavy atom. The zero-order valence-electron chi connectivity index (χ0n) is 33.9. The highest BCUT2D eigenvalue weighted by Gasteiger charge is 2.21. The van der Waals surface area contributed by atoms with Gasteiger partial charge in [-0.3, -0.25) is 9.55 Å². The van der Waals surface area contributed by atoms with Crippen molar-refractivity contribution in [2.75, 3.05) is 0 Å². The second-order valence-corrected chi connectivity index (χ2v) is 15.3. The summed E-state index contributed by atoms with van der Waals surface area (Å²) in [4.78, 5) is 20.5. The number of pyridine rings is 2. The van der Waals surface area contributed by atoms with E-state index in [1.807, 2.05) is 91.1 Å². The number of benzene rings is 7. The van der Waals surface area contributed by atoms with Crippen LogP contribution >= 0.6 is 0 Å². The fraction of sp³-hybridized carbons (Fsp3) is 0.0175. The molecular weight excluding hydrogens is 755 g/mol. The minimum absolute atomic E-state index is 0.634. The number of para-hydroxylation sites is 1. The zero-order chi connectivity index (χ0) is 41.4. The lowest BCUT2D eigenvalue weighted by atomic mass is 9.91. The summed E-state index contributed by atoms with van der Waals surface area (Å²) in [7, 11) is 0. The largest absolute Gasteiger partial charge is 0.294 e. The van der Waals surface area contributed by atoms with Crippen LogP contribution in [0.15, 0.2) is 206 Å². The van der Waals surface area contributed by atoms with Gasteiger partial charge in [0.25, 0.3) is 0 Å². The standard InChI is InChI=1S/C57H37N5/c1-38-28-30-43(35-46(38)54-49(32-29-39-17-6-2-7-18-39)60-57(42-23-12-5-13-24-42)61-55(54)41-21-10-4-11-22-41)44-31-33-52-48(36-44)45-25-14-15-27-51(45)62(52)53-37-47(40-19-8-3-9-20-40)56-50(59-53)26-16-34-58-56/h2-28,30-31,33-37H,1H3. The Kier molecular flexibility index (Phi) is 9.22. The van der Waals surface area contributed by atoms with Gasteiger partial charge < -0.3 is 0 Å². The summed E-state index contributed by atoms with van der Waals surface area (Å²) >= 11 is 0. The quantitative estimate of drug-likeness (QED) is 0.157. The van der Waals surface area contributed by atoms with Gasteiger partial charge in [0.2, 0.25) is 0 Å². The molecule has 0 N–H and O–H groups in total. The second kappa shape index (κ2) is 15.6. The molecule has 0 unspecified atom stereocenters. The van der Waals surface area contributed by atoms with Crippen LogP contribution in [-0.4, -0.2) is 24.5 Å². The summed E-state index contributed by atoms with van der Waals surface area (Å²) in [5.41, 5.74) is 15.6. The van der Waals surface area contributed by atoms with E-state index in [4.69, 9.17) is 19.9 Å².